The zero-order chi connectivity index (χ0) is 13.8. The Morgan fingerprint density at radius 3 is 2.42 bits per heavy atom. The van der Waals surface area contributed by atoms with Gasteiger partial charge in [-0.25, -0.2) is 4.79 Å². The van der Waals surface area contributed by atoms with Gasteiger partial charge in [0.15, 0.2) is 11.5 Å². The molecule has 0 amide bonds. The van der Waals surface area contributed by atoms with Gasteiger partial charge in [0.25, 0.3) is 0 Å². The minimum absolute atomic E-state index is 0.0330. The molecule has 5 heteroatoms. The first-order chi connectivity index (χ1) is 9.08. The average molecular weight is 257 g/mol. The lowest BCUT2D eigenvalue weighted by atomic mass is 10.1. The van der Waals surface area contributed by atoms with E-state index in [1.54, 1.807) is 24.3 Å². The van der Waals surface area contributed by atoms with Crippen LogP contribution in [0.2, 0.25) is 0 Å². The predicted molar refractivity (Wildman–Crippen MR) is 67.7 cm³/mol. The quantitative estimate of drug-likeness (QED) is 0.852. The van der Waals surface area contributed by atoms with Gasteiger partial charge in [-0.05, 0) is 37.3 Å². The molecule has 0 saturated carbocycles. The van der Waals surface area contributed by atoms with Crippen molar-refractivity contribution >= 4 is 11.8 Å². The molecule has 19 heavy (non-hydrogen) atoms. The maximum atomic E-state index is 11.1. The van der Waals surface area contributed by atoms with Gasteiger partial charge in [-0.3, -0.25) is 9.78 Å². The number of carboxylic acid groups (broad SMARTS) is 1. The highest BCUT2D eigenvalue weighted by Crippen LogP contribution is 2.24. The number of carbonyl (C=O) groups is 2. The van der Waals surface area contributed by atoms with Crippen molar-refractivity contribution in [3.63, 3.8) is 0 Å². The van der Waals surface area contributed by atoms with Gasteiger partial charge < -0.3 is 9.84 Å². The van der Waals surface area contributed by atoms with Gasteiger partial charge in [0, 0.05) is 11.8 Å². The summed E-state index contributed by atoms with van der Waals surface area (Å²) in [5.74, 6) is -0.525. The van der Waals surface area contributed by atoms with E-state index in [9.17, 15) is 9.59 Å². The highest BCUT2D eigenvalue weighted by Gasteiger charge is 2.11. The number of aromatic nitrogens is 1. The van der Waals surface area contributed by atoms with Crippen LogP contribution in [-0.4, -0.2) is 21.8 Å². The van der Waals surface area contributed by atoms with Crippen LogP contribution in [-0.2, 0) is 0 Å². The summed E-state index contributed by atoms with van der Waals surface area (Å²) in [5, 5.41) is 9.01. The lowest BCUT2D eigenvalue weighted by Crippen LogP contribution is -2.00. The molecule has 1 N–H and O–H groups in total. The van der Waals surface area contributed by atoms with Gasteiger partial charge in [0.1, 0.15) is 11.3 Å². The molecule has 0 saturated heterocycles. The van der Waals surface area contributed by atoms with Crippen molar-refractivity contribution in [3.8, 4) is 11.5 Å². The SMILES string of the molecule is CC(=O)c1ccc(Oc2cnccc2C(=O)O)cc1. The molecule has 0 fully saturated rings. The normalized spacial score (nSPS) is 9.95. The van der Waals surface area contributed by atoms with Crippen molar-refractivity contribution in [1.82, 2.24) is 4.98 Å². The molecule has 2 aromatic rings. The Hall–Kier alpha value is -2.69. The third kappa shape index (κ3) is 2.95. The Morgan fingerprint density at radius 2 is 1.84 bits per heavy atom. The number of ketones is 1. The van der Waals surface area contributed by atoms with E-state index in [1.165, 1.54) is 25.4 Å². The lowest BCUT2D eigenvalue weighted by Gasteiger charge is -2.08. The van der Waals surface area contributed by atoms with Crippen LogP contribution in [0, 0.1) is 0 Å². The van der Waals surface area contributed by atoms with Crippen LogP contribution in [0.3, 0.4) is 0 Å². The summed E-state index contributed by atoms with van der Waals surface area (Å²) in [4.78, 5) is 26.0. The number of hydrogen-bond acceptors (Lipinski definition) is 4. The molecule has 0 aliphatic heterocycles. The summed E-state index contributed by atoms with van der Waals surface area (Å²) in [7, 11) is 0. The van der Waals surface area contributed by atoms with E-state index in [4.69, 9.17) is 9.84 Å². The van der Waals surface area contributed by atoms with Crippen molar-refractivity contribution in [2.45, 2.75) is 6.92 Å². The number of nitrogens with zero attached hydrogens (tertiary/aromatic N) is 1. The van der Waals surface area contributed by atoms with Crippen molar-refractivity contribution in [2.24, 2.45) is 0 Å². The van der Waals surface area contributed by atoms with Gasteiger partial charge in [0.2, 0.25) is 0 Å². The number of aromatic carboxylic acids is 1. The van der Waals surface area contributed by atoms with Crippen molar-refractivity contribution in [3.05, 3.63) is 53.9 Å². The summed E-state index contributed by atoms with van der Waals surface area (Å²) >= 11 is 0. The highest BCUT2D eigenvalue weighted by atomic mass is 16.5. The molecule has 0 aliphatic carbocycles. The van der Waals surface area contributed by atoms with E-state index in [2.05, 4.69) is 4.98 Å². The van der Waals surface area contributed by atoms with Crippen LogP contribution in [0.15, 0.2) is 42.7 Å². The molecule has 0 atom stereocenters. The van der Waals surface area contributed by atoms with Crippen molar-refractivity contribution < 1.29 is 19.4 Å². The molecule has 1 aromatic heterocycles. The molecule has 0 spiro atoms. The molecule has 2 rings (SSSR count). The van der Waals surface area contributed by atoms with E-state index in [-0.39, 0.29) is 17.1 Å². The minimum atomic E-state index is -1.09. The number of benzene rings is 1. The van der Waals surface area contributed by atoms with Crippen LogP contribution < -0.4 is 4.74 Å². The second-order valence-corrected chi connectivity index (χ2v) is 3.86. The molecule has 5 nitrogen and oxygen atoms in total. The summed E-state index contributed by atoms with van der Waals surface area (Å²) in [6, 6.07) is 7.81. The molecular formula is C14H11NO4. The maximum Gasteiger partial charge on any atom is 0.339 e. The Bertz CT molecular complexity index is 620. The number of rotatable bonds is 4. The predicted octanol–water partition coefficient (Wildman–Crippen LogP) is 2.77. The first-order valence-electron chi connectivity index (χ1n) is 5.54. The zero-order valence-electron chi connectivity index (χ0n) is 10.2. The lowest BCUT2D eigenvalue weighted by molar-refractivity contribution is 0.0693. The number of carboxylic acids is 1. The third-order valence-corrected chi connectivity index (χ3v) is 2.50. The molecule has 0 radical (unpaired) electrons. The second kappa shape index (κ2) is 5.30. The molecule has 0 aliphatic rings. The summed E-state index contributed by atoms with van der Waals surface area (Å²) in [6.07, 6.45) is 2.72. The van der Waals surface area contributed by atoms with Gasteiger partial charge >= 0.3 is 5.97 Å². The molecule has 0 unspecified atom stereocenters. The zero-order valence-corrected chi connectivity index (χ0v) is 10.2. The second-order valence-electron chi connectivity index (χ2n) is 3.86. The van der Waals surface area contributed by atoms with Gasteiger partial charge in [-0.1, -0.05) is 0 Å². The van der Waals surface area contributed by atoms with Crippen LogP contribution >= 0.6 is 0 Å². The topological polar surface area (TPSA) is 76.5 Å². The monoisotopic (exact) mass is 257 g/mol. The fourth-order valence-corrected chi connectivity index (χ4v) is 1.52. The van der Waals surface area contributed by atoms with Crippen molar-refractivity contribution in [1.29, 1.82) is 0 Å². The molecule has 1 aromatic carbocycles. The Morgan fingerprint density at radius 1 is 1.16 bits per heavy atom. The summed E-state index contributed by atoms with van der Waals surface area (Å²) < 4.78 is 5.45. The number of hydrogen-bond donors (Lipinski definition) is 1. The van der Waals surface area contributed by atoms with Gasteiger partial charge in [-0.2, -0.15) is 0 Å². The van der Waals surface area contributed by atoms with Crippen LogP contribution in [0.25, 0.3) is 0 Å². The number of ether oxygens (including phenoxy) is 1. The van der Waals surface area contributed by atoms with E-state index < -0.39 is 5.97 Å². The van der Waals surface area contributed by atoms with E-state index >= 15 is 0 Å². The van der Waals surface area contributed by atoms with Gasteiger partial charge in [-0.15, -0.1) is 0 Å². The summed E-state index contributed by atoms with van der Waals surface area (Å²) in [6.45, 7) is 1.47. The van der Waals surface area contributed by atoms with Crippen LogP contribution in [0.4, 0.5) is 0 Å². The molecule has 0 bridgehead atoms. The number of Topliss-reactive ketones (excluding diaryl/α,β-unsaturated/α-hetero) is 1. The third-order valence-electron chi connectivity index (χ3n) is 2.50. The Labute approximate surface area is 109 Å². The molecule has 1 heterocycles. The molecule has 96 valence electrons. The number of carbonyl (C=O) groups excluding carboxylic acids is 1. The van der Waals surface area contributed by atoms with Crippen LogP contribution in [0.1, 0.15) is 27.6 Å². The van der Waals surface area contributed by atoms with E-state index in [1.807, 2.05) is 0 Å². The van der Waals surface area contributed by atoms with E-state index in [0.29, 0.717) is 11.3 Å². The average Bonchev–Trinajstić information content (AvgIpc) is 2.39. The number of pyridine rings is 1. The minimum Gasteiger partial charge on any atom is -0.478 e. The standard InChI is InChI=1S/C14H11NO4/c1-9(16)10-2-4-11(5-3-10)19-13-8-15-7-6-12(13)14(17)18/h2-8H,1H3,(H,17,18). The molecular weight excluding hydrogens is 246 g/mol. The Balaban J connectivity index is 2.26. The van der Waals surface area contributed by atoms with Gasteiger partial charge in [0.05, 0.1) is 6.20 Å². The maximum absolute atomic E-state index is 11.1. The van der Waals surface area contributed by atoms with Crippen molar-refractivity contribution in [2.75, 3.05) is 0 Å². The fraction of sp³-hybridized carbons (Fsp3) is 0.0714. The highest BCUT2D eigenvalue weighted by molar-refractivity contribution is 5.94. The first-order valence-corrected chi connectivity index (χ1v) is 5.54. The summed E-state index contributed by atoms with van der Waals surface area (Å²) in [5.41, 5.74) is 0.600. The van der Waals surface area contributed by atoms with E-state index in [0.717, 1.165) is 0 Å². The first kappa shape index (κ1) is 12.8. The smallest absolute Gasteiger partial charge is 0.339 e. The largest absolute Gasteiger partial charge is 0.478 e. The van der Waals surface area contributed by atoms with Crippen LogP contribution in [0.5, 0.6) is 11.5 Å². The fourth-order valence-electron chi connectivity index (χ4n) is 1.52. The Kier molecular flexibility index (Phi) is 3.56.